The van der Waals surface area contributed by atoms with Crippen LogP contribution in [-0.4, -0.2) is 15.8 Å². The van der Waals surface area contributed by atoms with Crippen LogP contribution in [0.3, 0.4) is 0 Å². The average molecular weight is 233 g/mol. The van der Waals surface area contributed by atoms with Gasteiger partial charge in [0.1, 0.15) is 5.15 Å². The van der Waals surface area contributed by atoms with Crippen molar-refractivity contribution in [2.75, 3.05) is 0 Å². The molecule has 2 aromatic rings. The molecular weight excluding hydrogens is 224 g/mol. The summed E-state index contributed by atoms with van der Waals surface area (Å²) in [5.74, 6) is 0.0451. The van der Waals surface area contributed by atoms with E-state index in [1.54, 1.807) is 18.3 Å². The third kappa shape index (κ3) is 2.25. The Morgan fingerprint density at radius 3 is 2.44 bits per heavy atom. The molecule has 2 rings (SSSR count). The number of hydrogen-bond acceptors (Lipinski definition) is 3. The number of aromatic nitrogens is 2. The number of carbonyl (C=O) groups is 1. The molecule has 0 fully saturated rings. The normalized spacial score (nSPS) is 10.1. The van der Waals surface area contributed by atoms with Crippen molar-refractivity contribution >= 4 is 17.4 Å². The first-order chi connectivity index (χ1) is 7.66. The Morgan fingerprint density at radius 2 is 1.88 bits per heavy atom. The molecule has 0 amide bonds. The molecule has 1 aromatic carbocycles. The van der Waals surface area contributed by atoms with Crippen molar-refractivity contribution in [2.45, 2.75) is 6.92 Å². The maximum atomic E-state index is 11.1. The number of ketones is 1. The van der Waals surface area contributed by atoms with Crippen LogP contribution in [0.25, 0.3) is 11.3 Å². The highest BCUT2D eigenvalue weighted by Gasteiger charge is 2.02. The van der Waals surface area contributed by atoms with E-state index >= 15 is 0 Å². The second kappa shape index (κ2) is 4.41. The van der Waals surface area contributed by atoms with Gasteiger partial charge in [-0.1, -0.05) is 35.9 Å². The highest BCUT2D eigenvalue weighted by molar-refractivity contribution is 6.29. The molecule has 80 valence electrons. The van der Waals surface area contributed by atoms with E-state index in [1.165, 1.54) is 13.1 Å². The average Bonchev–Trinajstić information content (AvgIpc) is 2.29. The first-order valence-corrected chi connectivity index (χ1v) is 5.13. The van der Waals surface area contributed by atoms with Gasteiger partial charge < -0.3 is 0 Å². The number of nitrogens with zero attached hydrogens (tertiary/aromatic N) is 2. The van der Waals surface area contributed by atoms with Gasteiger partial charge in [0.05, 0.1) is 18.1 Å². The van der Waals surface area contributed by atoms with E-state index in [0.717, 1.165) is 5.56 Å². The van der Waals surface area contributed by atoms with Crippen LogP contribution < -0.4 is 0 Å². The van der Waals surface area contributed by atoms with E-state index in [2.05, 4.69) is 9.97 Å². The molecule has 0 aliphatic heterocycles. The summed E-state index contributed by atoms with van der Waals surface area (Å²) >= 11 is 5.75. The number of rotatable bonds is 2. The Balaban J connectivity index is 2.38. The SMILES string of the molecule is CC(=O)c1ccc(-c2cncc(Cl)n2)cc1. The highest BCUT2D eigenvalue weighted by atomic mass is 35.5. The van der Waals surface area contributed by atoms with E-state index in [4.69, 9.17) is 11.6 Å². The molecule has 0 saturated carbocycles. The minimum atomic E-state index is 0.0451. The number of hydrogen-bond donors (Lipinski definition) is 0. The molecule has 4 heteroatoms. The summed E-state index contributed by atoms with van der Waals surface area (Å²) in [6.45, 7) is 1.54. The van der Waals surface area contributed by atoms with Gasteiger partial charge in [-0.05, 0) is 6.92 Å². The van der Waals surface area contributed by atoms with Crippen molar-refractivity contribution in [3.63, 3.8) is 0 Å². The molecule has 0 N–H and O–H groups in total. The molecule has 0 aliphatic rings. The summed E-state index contributed by atoms with van der Waals surface area (Å²) in [6, 6.07) is 7.19. The first-order valence-electron chi connectivity index (χ1n) is 4.76. The van der Waals surface area contributed by atoms with Crippen molar-refractivity contribution in [1.82, 2.24) is 9.97 Å². The molecule has 16 heavy (non-hydrogen) atoms. The Kier molecular flexibility index (Phi) is 2.97. The Hall–Kier alpha value is -1.74. The predicted molar refractivity (Wildman–Crippen MR) is 62.5 cm³/mol. The van der Waals surface area contributed by atoms with Crippen molar-refractivity contribution in [3.8, 4) is 11.3 Å². The van der Waals surface area contributed by atoms with Crippen LogP contribution in [0, 0.1) is 0 Å². The molecule has 1 aromatic heterocycles. The molecule has 0 saturated heterocycles. The second-order valence-electron chi connectivity index (χ2n) is 3.36. The maximum absolute atomic E-state index is 11.1. The molecule has 1 heterocycles. The van der Waals surface area contributed by atoms with E-state index in [1.807, 2.05) is 12.1 Å². The van der Waals surface area contributed by atoms with Gasteiger partial charge in [0, 0.05) is 11.1 Å². The van der Waals surface area contributed by atoms with Crippen LogP contribution in [0.2, 0.25) is 5.15 Å². The van der Waals surface area contributed by atoms with Gasteiger partial charge >= 0.3 is 0 Å². The number of Topliss-reactive ketones (excluding diaryl/α,β-unsaturated/α-hetero) is 1. The minimum Gasteiger partial charge on any atom is -0.295 e. The van der Waals surface area contributed by atoms with Crippen LogP contribution in [0.1, 0.15) is 17.3 Å². The molecule has 0 atom stereocenters. The van der Waals surface area contributed by atoms with Crippen LogP contribution >= 0.6 is 11.6 Å². The van der Waals surface area contributed by atoms with E-state index in [9.17, 15) is 4.79 Å². The van der Waals surface area contributed by atoms with E-state index < -0.39 is 0 Å². The minimum absolute atomic E-state index is 0.0451. The smallest absolute Gasteiger partial charge is 0.159 e. The van der Waals surface area contributed by atoms with Crippen LogP contribution in [0.15, 0.2) is 36.7 Å². The lowest BCUT2D eigenvalue weighted by molar-refractivity contribution is 0.101. The van der Waals surface area contributed by atoms with Gasteiger partial charge in [-0.15, -0.1) is 0 Å². The molecule has 0 aliphatic carbocycles. The summed E-state index contributed by atoms with van der Waals surface area (Å²) in [7, 11) is 0. The number of benzene rings is 1. The van der Waals surface area contributed by atoms with Gasteiger partial charge in [0.25, 0.3) is 0 Å². The summed E-state index contributed by atoms with van der Waals surface area (Å²) in [5.41, 5.74) is 2.27. The van der Waals surface area contributed by atoms with Crippen molar-refractivity contribution in [3.05, 3.63) is 47.4 Å². The van der Waals surface area contributed by atoms with Crippen molar-refractivity contribution < 1.29 is 4.79 Å². The van der Waals surface area contributed by atoms with E-state index in [0.29, 0.717) is 16.4 Å². The third-order valence-corrected chi connectivity index (χ3v) is 2.37. The summed E-state index contributed by atoms with van der Waals surface area (Å²) in [4.78, 5) is 19.2. The highest BCUT2D eigenvalue weighted by Crippen LogP contribution is 2.18. The Bertz CT molecular complexity index is 523. The number of carbonyl (C=O) groups excluding carboxylic acids is 1. The monoisotopic (exact) mass is 232 g/mol. The lowest BCUT2D eigenvalue weighted by atomic mass is 10.1. The van der Waals surface area contributed by atoms with Crippen molar-refractivity contribution in [1.29, 1.82) is 0 Å². The Morgan fingerprint density at radius 1 is 1.19 bits per heavy atom. The van der Waals surface area contributed by atoms with Crippen LogP contribution in [0.4, 0.5) is 0 Å². The zero-order valence-corrected chi connectivity index (χ0v) is 9.40. The number of halogens is 1. The zero-order chi connectivity index (χ0) is 11.5. The second-order valence-corrected chi connectivity index (χ2v) is 3.75. The fraction of sp³-hybridized carbons (Fsp3) is 0.0833. The van der Waals surface area contributed by atoms with Crippen molar-refractivity contribution in [2.24, 2.45) is 0 Å². The summed E-state index contributed by atoms with van der Waals surface area (Å²) in [6.07, 6.45) is 3.11. The molecule has 0 spiro atoms. The maximum Gasteiger partial charge on any atom is 0.159 e. The molecule has 3 nitrogen and oxygen atoms in total. The third-order valence-electron chi connectivity index (χ3n) is 2.19. The zero-order valence-electron chi connectivity index (χ0n) is 8.64. The molecule has 0 bridgehead atoms. The van der Waals surface area contributed by atoms with Crippen LogP contribution in [-0.2, 0) is 0 Å². The predicted octanol–water partition coefficient (Wildman–Crippen LogP) is 3.00. The fourth-order valence-corrected chi connectivity index (χ4v) is 1.50. The van der Waals surface area contributed by atoms with Crippen LogP contribution in [0.5, 0.6) is 0 Å². The largest absolute Gasteiger partial charge is 0.295 e. The summed E-state index contributed by atoms with van der Waals surface area (Å²) in [5, 5.41) is 0.355. The first kappa shape index (κ1) is 10.8. The van der Waals surface area contributed by atoms with Gasteiger partial charge in [-0.3, -0.25) is 9.78 Å². The Labute approximate surface area is 98.1 Å². The lowest BCUT2D eigenvalue weighted by Gasteiger charge is -2.01. The lowest BCUT2D eigenvalue weighted by Crippen LogP contribution is -1.92. The quantitative estimate of drug-likeness (QED) is 0.748. The molecule has 0 unspecified atom stereocenters. The van der Waals surface area contributed by atoms with E-state index in [-0.39, 0.29) is 5.78 Å². The summed E-state index contributed by atoms with van der Waals surface area (Å²) < 4.78 is 0. The van der Waals surface area contributed by atoms with Gasteiger partial charge in [0.15, 0.2) is 5.78 Å². The van der Waals surface area contributed by atoms with Gasteiger partial charge in [0.2, 0.25) is 0 Å². The fourth-order valence-electron chi connectivity index (χ4n) is 1.36. The topological polar surface area (TPSA) is 42.9 Å². The van der Waals surface area contributed by atoms with Gasteiger partial charge in [-0.2, -0.15) is 0 Å². The molecule has 0 radical (unpaired) electrons. The standard InChI is InChI=1S/C12H9ClN2O/c1-8(16)9-2-4-10(5-3-9)11-6-14-7-12(13)15-11/h2-7H,1H3. The molecular formula is C12H9ClN2O. The van der Waals surface area contributed by atoms with Gasteiger partial charge in [-0.25, -0.2) is 4.98 Å².